The number of nitrogens with one attached hydrogen (secondary N) is 1. The van der Waals surface area contributed by atoms with Crippen molar-refractivity contribution in [1.82, 2.24) is 5.32 Å². The second-order valence-corrected chi connectivity index (χ2v) is 5.91. The summed E-state index contributed by atoms with van der Waals surface area (Å²) in [4.78, 5) is 26.1. The third-order valence-corrected chi connectivity index (χ3v) is 4.20. The summed E-state index contributed by atoms with van der Waals surface area (Å²) in [6.45, 7) is 0. The van der Waals surface area contributed by atoms with Crippen molar-refractivity contribution < 1.29 is 23.5 Å². The molecule has 0 aliphatic carbocycles. The molecule has 6 nitrogen and oxygen atoms in total. The highest BCUT2D eigenvalue weighted by molar-refractivity contribution is 7.80. The zero-order chi connectivity index (χ0) is 19.6. The normalized spacial score (nSPS) is 15.7. The lowest BCUT2D eigenvalue weighted by Gasteiger charge is -2.29. The number of nitrogens with zero attached hydrogens (tertiary/aromatic N) is 1. The lowest BCUT2D eigenvalue weighted by molar-refractivity contribution is -0.122. The number of halogens is 1. The summed E-state index contributed by atoms with van der Waals surface area (Å²) in [7, 11) is 2.98. The van der Waals surface area contributed by atoms with E-state index < -0.39 is 17.6 Å². The molecule has 1 N–H and O–H groups in total. The number of hydrogen-bond donors (Lipinski definition) is 1. The van der Waals surface area contributed by atoms with Crippen LogP contribution in [0, 0.1) is 5.82 Å². The molecule has 0 bridgehead atoms. The van der Waals surface area contributed by atoms with Crippen molar-refractivity contribution in [3.8, 4) is 11.5 Å². The average Bonchev–Trinajstić information content (AvgIpc) is 2.66. The van der Waals surface area contributed by atoms with Gasteiger partial charge in [-0.05, 0) is 48.1 Å². The fourth-order valence-electron chi connectivity index (χ4n) is 2.62. The Hall–Kier alpha value is -3.26. The Bertz CT molecular complexity index is 974. The molecule has 0 atom stereocenters. The van der Waals surface area contributed by atoms with Gasteiger partial charge in [0.1, 0.15) is 11.4 Å². The lowest BCUT2D eigenvalue weighted by atomic mass is 10.1. The smallest absolute Gasteiger partial charge is 0.270 e. The number of amides is 2. The van der Waals surface area contributed by atoms with Crippen LogP contribution in [0.4, 0.5) is 10.1 Å². The third-order valence-electron chi connectivity index (χ3n) is 3.91. The summed E-state index contributed by atoms with van der Waals surface area (Å²) in [5.74, 6) is -1.06. The molecule has 27 heavy (non-hydrogen) atoms. The summed E-state index contributed by atoms with van der Waals surface area (Å²) in [5, 5.41) is 2.23. The summed E-state index contributed by atoms with van der Waals surface area (Å²) in [5.41, 5.74) is 0.317. The Morgan fingerprint density at radius 3 is 2.44 bits per heavy atom. The molecule has 0 aromatic heterocycles. The SMILES string of the molecule is COc1ccc(/C=C2/C(=O)NC(=S)N(c3ccccc3F)C2=O)cc1OC. The van der Waals surface area contributed by atoms with Crippen molar-refractivity contribution in [2.45, 2.75) is 0 Å². The first-order valence-electron chi connectivity index (χ1n) is 7.84. The average molecular weight is 386 g/mol. The molecule has 1 aliphatic heterocycles. The van der Waals surface area contributed by atoms with E-state index in [1.165, 1.54) is 38.5 Å². The van der Waals surface area contributed by atoms with Crippen LogP contribution in [0.1, 0.15) is 5.56 Å². The van der Waals surface area contributed by atoms with E-state index in [9.17, 15) is 14.0 Å². The number of hydrogen-bond acceptors (Lipinski definition) is 5. The maximum absolute atomic E-state index is 14.1. The van der Waals surface area contributed by atoms with Crippen molar-refractivity contribution in [2.24, 2.45) is 0 Å². The quantitative estimate of drug-likeness (QED) is 0.497. The molecular weight excluding hydrogens is 371 g/mol. The van der Waals surface area contributed by atoms with Crippen molar-refractivity contribution in [3.05, 3.63) is 59.4 Å². The van der Waals surface area contributed by atoms with Gasteiger partial charge in [0, 0.05) is 0 Å². The Balaban J connectivity index is 2.03. The number of ether oxygens (including phenoxy) is 2. The first-order chi connectivity index (χ1) is 13.0. The van der Waals surface area contributed by atoms with Crippen LogP contribution in [0.2, 0.25) is 0 Å². The van der Waals surface area contributed by atoms with E-state index in [-0.39, 0.29) is 16.4 Å². The van der Waals surface area contributed by atoms with Crippen LogP contribution in [0.25, 0.3) is 6.08 Å². The maximum Gasteiger partial charge on any atom is 0.270 e. The van der Waals surface area contributed by atoms with Crippen LogP contribution in [0.5, 0.6) is 11.5 Å². The third kappa shape index (κ3) is 3.52. The molecule has 1 fully saturated rings. The lowest BCUT2D eigenvalue weighted by Crippen LogP contribution is -2.54. The molecule has 1 saturated heterocycles. The highest BCUT2D eigenvalue weighted by Crippen LogP contribution is 2.29. The molecule has 8 heteroatoms. The number of methoxy groups -OCH3 is 2. The molecule has 3 rings (SSSR count). The van der Waals surface area contributed by atoms with Crippen LogP contribution in [0.3, 0.4) is 0 Å². The second kappa shape index (κ2) is 7.55. The molecule has 138 valence electrons. The second-order valence-electron chi connectivity index (χ2n) is 5.52. The van der Waals surface area contributed by atoms with Gasteiger partial charge in [0.05, 0.1) is 19.9 Å². The first-order valence-corrected chi connectivity index (χ1v) is 8.25. The van der Waals surface area contributed by atoms with Crippen molar-refractivity contribution in [1.29, 1.82) is 0 Å². The predicted octanol–water partition coefficient (Wildman–Crippen LogP) is 2.67. The number of para-hydroxylation sites is 1. The zero-order valence-electron chi connectivity index (χ0n) is 14.5. The van der Waals surface area contributed by atoms with E-state index in [0.717, 1.165) is 4.90 Å². The number of thiocarbonyl (C=S) groups is 1. The van der Waals surface area contributed by atoms with E-state index >= 15 is 0 Å². The highest BCUT2D eigenvalue weighted by atomic mass is 32.1. The van der Waals surface area contributed by atoms with Crippen LogP contribution in [0.15, 0.2) is 48.0 Å². The Morgan fingerprint density at radius 2 is 1.78 bits per heavy atom. The van der Waals surface area contributed by atoms with E-state index in [0.29, 0.717) is 17.1 Å². The van der Waals surface area contributed by atoms with Crippen molar-refractivity contribution in [2.75, 3.05) is 19.1 Å². The number of anilines is 1. The molecule has 2 amide bonds. The molecule has 0 radical (unpaired) electrons. The monoisotopic (exact) mass is 386 g/mol. The largest absolute Gasteiger partial charge is 0.493 e. The Morgan fingerprint density at radius 1 is 1.07 bits per heavy atom. The molecule has 0 saturated carbocycles. The molecule has 1 aliphatic rings. The standard InChI is InChI=1S/C19H15FN2O4S/c1-25-15-8-7-11(10-16(15)26-2)9-12-17(23)21-19(27)22(18(12)24)14-6-4-3-5-13(14)20/h3-10H,1-2H3,(H,21,23,27)/b12-9-. The molecular formula is C19H15FN2O4S. The molecule has 1 heterocycles. The van der Waals surface area contributed by atoms with Crippen LogP contribution < -0.4 is 19.7 Å². The molecule has 0 unspecified atom stereocenters. The number of benzene rings is 2. The van der Waals surface area contributed by atoms with Gasteiger partial charge in [0.2, 0.25) is 0 Å². The van der Waals surface area contributed by atoms with Gasteiger partial charge in [-0.25, -0.2) is 9.29 Å². The number of carbonyl (C=O) groups is 2. The summed E-state index contributed by atoms with van der Waals surface area (Å²) in [6.07, 6.45) is 1.38. The van der Waals surface area contributed by atoms with E-state index in [4.69, 9.17) is 21.7 Å². The minimum absolute atomic E-state index is 0.0364. The van der Waals surface area contributed by atoms with Crippen LogP contribution in [-0.2, 0) is 9.59 Å². The zero-order valence-corrected chi connectivity index (χ0v) is 15.3. The molecule has 2 aromatic carbocycles. The van der Waals surface area contributed by atoms with E-state index in [2.05, 4.69) is 5.32 Å². The van der Waals surface area contributed by atoms with E-state index in [1.54, 1.807) is 24.3 Å². The van der Waals surface area contributed by atoms with Gasteiger partial charge in [0.25, 0.3) is 11.8 Å². The highest BCUT2D eigenvalue weighted by Gasteiger charge is 2.35. The summed E-state index contributed by atoms with van der Waals surface area (Å²) in [6, 6.07) is 10.6. The van der Waals surface area contributed by atoms with Gasteiger partial charge in [-0.15, -0.1) is 0 Å². The Labute approximate surface area is 160 Å². The number of rotatable bonds is 4. The Kier molecular flexibility index (Phi) is 5.18. The van der Waals surface area contributed by atoms with E-state index in [1.807, 2.05) is 0 Å². The van der Waals surface area contributed by atoms with Gasteiger partial charge >= 0.3 is 0 Å². The topological polar surface area (TPSA) is 67.9 Å². The van der Waals surface area contributed by atoms with Gasteiger partial charge in [-0.2, -0.15) is 0 Å². The minimum atomic E-state index is -0.719. The van der Waals surface area contributed by atoms with Crippen molar-refractivity contribution in [3.63, 3.8) is 0 Å². The molecule has 2 aromatic rings. The van der Waals surface area contributed by atoms with Gasteiger partial charge in [-0.1, -0.05) is 18.2 Å². The minimum Gasteiger partial charge on any atom is -0.493 e. The maximum atomic E-state index is 14.1. The fourth-order valence-corrected chi connectivity index (χ4v) is 2.89. The predicted molar refractivity (Wildman–Crippen MR) is 102 cm³/mol. The summed E-state index contributed by atoms with van der Waals surface area (Å²) < 4.78 is 24.5. The van der Waals surface area contributed by atoms with Crippen LogP contribution in [-0.4, -0.2) is 31.1 Å². The fraction of sp³-hybridized carbons (Fsp3) is 0.105. The first kappa shape index (κ1) is 18.5. The van der Waals surface area contributed by atoms with Crippen molar-refractivity contribution >= 4 is 40.9 Å². The van der Waals surface area contributed by atoms with Crippen LogP contribution >= 0.6 is 12.2 Å². The van der Waals surface area contributed by atoms with Gasteiger partial charge < -0.3 is 9.47 Å². The van der Waals surface area contributed by atoms with Gasteiger partial charge in [-0.3, -0.25) is 14.9 Å². The number of carbonyl (C=O) groups excluding carboxylic acids is 2. The summed E-state index contributed by atoms with van der Waals surface area (Å²) >= 11 is 5.06. The molecule has 0 spiro atoms. The van der Waals surface area contributed by atoms with Gasteiger partial charge in [0.15, 0.2) is 16.6 Å².